The van der Waals surface area contributed by atoms with Crippen LogP contribution in [0.25, 0.3) is 6.08 Å². The van der Waals surface area contributed by atoms with E-state index in [1.165, 1.54) is 25.3 Å². The third-order valence-corrected chi connectivity index (χ3v) is 6.23. The number of carbonyl (C=O) groups is 2. The molecule has 1 fully saturated rings. The fourth-order valence-corrected chi connectivity index (χ4v) is 4.00. The molecule has 1 saturated heterocycles. The first-order valence-electron chi connectivity index (χ1n) is 10.2. The summed E-state index contributed by atoms with van der Waals surface area (Å²) < 4.78 is 25.9. The highest BCUT2D eigenvalue weighted by atomic mass is 79.9. The number of rotatable bonds is 7. The molecule has 0 unspecified atom stereocenters. The van der Waals surface area contributed by atoms with Crippen LogP contribution < -0.4 is 14.8 Å². The Labute approximate surface area is 209 Å². The van der Waals surface area contributed by atoms with E-state index in [2.05, 4.69) is 21.2 Å². The Kier molecular flexibility index (Phi) is 7.19. The summed E-state index contributed by atoms with van der Waals surface area (Å²) in [6, 6.07) is 16.1. The molecule has 1 aliphatic rings. The lowest BCUT2D eigenvalue weighted by Gasteiger charge is -2.14. The van der Waals surface area contributed by atoms with Crippen molar-refractivity contribution in [1.82, 2.24) is 10.2 Å². The van der Waals surface area contributed by atoms with Gasteiger partial charge < -0.3 is 14.8 Å². The molecule has 0 radical (unpaired) electrons. The van der Waals surface area contributed by atoms with Crippen molar-refractivity contribution in [3.63, 3.8) is 0 Å². The number of hydrogen-bond donors (Lipinski definition) is 1. The molecule has 6 nitrogen and oxygen atoms in total. The number of amides is 3. The van der Waals surface area contributed by atoms with E-state index in [1.54, 1.807) is 30.3 Å². The van der Waals surface area contributed by atoms with Gasteiger partial charge in [-0.2, -0.15) is 0 Å². The third kappa shape index (κ3) is 5.08. The summed E-state index contributed by atoms with van der Waals surface area (Å²) in [6.07, 6.45) is 1.52. The van der Waals surface area contributed by atoms with E-state index in [-0.39, 0.29) is 24.4 Å². The van der Waals surface area contributed by atoms with E-state index >= 15 is 0 Å². The van der Waals surface area contributed by atoms with Crippen LogP contribution >= 0.6 is 27.5 Å². The fraction of sp³-hybridized carbons (Fsp3) is 0.120. The lowest BCUT2D eigenvalue weighted by Crippen LogP contribution is -2.30. The van der Waals surface area contributed by atoms with E-state index < -0.39 is 17.8 Å². The number of nitrogens with one attached hydrogen (secondary N) is 1. The highest BCUT2D eigenvalue weighted by Crippen LogP contribution is 2.36. The van der Waals surface area contributed by atoms with Crippen molar-refractivity contribution in [3.05, 3.63) is 98.4 Å². The second kappa shape index (κ2) is 10.3. The Morgan fingerprint density at radius 2 is 1.76 bits per heavy atom. The van der Waals surface area contributed by atoms with E-state index in [9.17, 15) is 14.0 Å². The minimum absolute atomic E-state index is 0.0637. The molecular weight excluding hydrogens is 527 g/mol. The molecule has 9 heteroatoms. The van der Waals surface area contributed by atoms with Crippen LogP contribution in [0, 0.1) is 5.82 Å². The number of benzene rings is 3. The number of hydrogen-bond acceptors (Lipinski definition) is 4. The van der Waals surface area contributed by atoms with E-state index in [0.717, 1.165) is 10.5 Å². The highest BCUT2D eigenvalue weighted by molar-refractivity contribution is 9.10. The van der Waals surface area contributed by atoms with Crippen LogP contribution in [-0.2, 0) is 17.9 Å². The predicted molar refractivity (Wildman–Crippen MR) is 130 cm³/mol. The van der Waals surface area contributed by atoms with Crippen molar-refractivity contribution < 1.29 is 23.5 Å². The monoisotopic (exact) mass is 544 g/mol. The minimum atomic E-state index is -0.623. The molecule has 4 rings (SSSR count). The van der Waals surface area contributed by atoms with Gasteiger partial charge in [0.15, 0.2) is 11.5 Å². The number of imide groups is 1. The fourth-order valence-electron chi connectivity index (χ4n) is 3.37. The normalized spacial score (nSPS) is 14.5. The zero-order valence-electron chi connectivity index (χ0n) is 18.0. The first-order chi connectivity index (χ1) is 16.4. The van der Waals surface area contributed by atoms with Crippen molar-refractivity contribution in [2.24, 2.45) is 0 Å². The molecule has 0 bridgehead atoms. The molecule has 1 aliphatic heterocycles. The largest absolute Gasteiger partial charge is 0.493 e. The maximum absolute atomic E-state index is 14.0. The van der Waals surface area contributed by atoms with Crippen molar-refractivity contribution >= 4 is 45.5 Å². The number of nitrogens with zero attached hydrogens (tertiary/aromatic N) is 1. The van der Waals surface area contributed by atoms with E-state index in [1.807, 2.05) is 18.2 Å². The van der Waals surface area contributed by atoms with Gasteiger partial charge in [0, 0.05) is 20.6 Å². The Bertz CT molecular complexity index is 1300. The van der Waals surface area contributed by atoms with Gasteiger partial charge in [-0.15, -0.1) is 0 Å². The standard InChI is InChI=1S/C25H19BrClFN2O4/c1-33-22-11-17(18(26)12-23(22)34-14-16-7-2-4-8-19(16)27)10-21-24(31)30(25(32)29-21)13-15-6-3-5-9-20(15)28/h2-12H,13-14H2,1H3,(H,29,32)/b21-10+. The molecule has 0 aliphatic carbocycles. The van der Waals surface area contributed by atoms with Crippen LogP contribution in [0.2, 0.25) is 5.02 Å². The summed E-state index contributed by atoms with van der Waals surface area (Å²) >= 11 is 9.67. The average Bonchev–Trinajstić information content (AvgIpc) is 3.08. The van der Waals surface area contributed by atoms with Gasteiger partial charge >= 0.3 is 6.03 Å². The SMILES string of the molecule is COc1cc(/C=C2/NC(=O)N(Cc3ccccc3F)C2=O)c(Br)cc1OCc1ccccc1Cl. The maximum atomic E-state index is 14.0. The van der Waals surface area contributed by atoms with Gasteiger partial charge in [0.25, 0.3) is 5.91 Å². The van der Waals surface area contributed by atoms with Crippen molar-refractivity contribution in [2.45, 2.75) is 13.2 Å². The van der Waals surface area contributed by atoms with Crippen LogP contribution in [0.4, 0.5) is 9.18 Å². The van der Waals surface area contributed by atoms with Gasteiger partial charge in [0.05, 0.1) is 13.7 Å². The second-order valence-electron chi connectivity index (χ2n) is 7.38. The molecule has 0 atom stereocenters. The van der Waals surface area contributed by atoms with Gasteiger partial charge in [-0.1, -0.05) is 63.9 Å². The Balaban J connectivity index is 1.55. The molecule has 34 heavy (non-hydrogen) atoms. The molecule has 3 amide bonds. The van der Waals surface area contributed by atoms with Crippen LogP contribution in [-0.4, -0.2) is 23.9 Å². The number of carbonyl (C=O) groups excluding carboxylic acids is 2. The summed E-state index contributed by atoms with van der Waals surface area (Å²) in [7, 11) is 1.50. The first kappa shape index (κ1) is 23.8. The lowest BCUT2D eigenvalue weighted by molar-refractivity contribution is -0.123. The first-order valence-corrected chi connectivity index (χ1v) is 11.4. The van der Waals surface area contributed by atoms with Gasteiger partial charge in [0.2, 0.25) is 0 Å². The Morgan fingerprint density at radius 3 is 2.47 bits per heavy atom. The zero-order valence-corrected chi connectivity index (χ0v) is 20.3. The summed E-state index contributed by atoms with van der Waals surface area (Å²) in [5.41, 5.74) is 1.71. The molecular formula is C25H19BrClFN2O4. The quantitative estimate of drug-likeness (QED) is 0.296. The molecule has 0 spiro atoms. The number of halogens is 3. The molecule has 1 heterocycles. The summed E-state index contributed by atoms with van der Waals surface area (Å²) in [5, 5.41) is 3.14. The minimum Gasteiger partial charge on any atom is -0.493 e. The lowest BCUT2D eigenvalue weighted by atomic mass is 10.1. The van der Waals surface area contributed by atoms with E-state index in [0.29, 0.717) is 26.6 Å². The van der Waals surface area contributed by atoms with Gasteiger partial charge in [-0.25, -0.2) is 9.18 Å². The van der Waals surface area contributed by atoms with Crippen LogP contribution in [0.15, 0.2) is 70.8 Å². The van der Waals surface area contributed by atoms with Crippen molar-refractivity contribution in [1.29, 1.82) is 0 Å². The summed E-state index contributed by atoms with van der Waals surface area (Å²) in [6.45, 7) is 0.0659. The van der Waals surface area contributed by atoms with Crippen molar-refractivity contribution in [3.8, 4) is 11.5 Å². The van der Waals surface area contributed by atoms with Gasteiger partial charge in [-0.05, 0) is 35.9 Å². The number of urea groups is 1. The Hall–Kier alpha value is -3.36. The summed E-state index contributed by atoms with van der Waals surface area (Å²) in [5.74, 6) is -0.139. The van der Waals surface area contributed by atoms with Crippen LogP contribution in [0.3, 0.4) is 0 Å². The molecule has 0 aromatic heterocycles. The van der Waals surface area contributed by atoms with E-state index in [4.69, 9.17) is 21.1 Å². The third-order valence-electron chi connectivity index (χ3n) is 5.17. The topological polar surface area (TPSA) is 67.9 Å². The number of ether oxygens (including phenoxy) is 2. The van der Waals surface area contributed by atoms with Crippen molar-refractivity contribution in [2.75, 3.05) is 7.11 Å². The average molecular weight is 546 g/mol. The smallest absolute Gasteiger partial charge is 0.329 e. The molecule has 3 aromatic rings. The zero-order chi connectivity index (χ0) is 24.2. The van der Waals surface area contributed by atoms with Gasteiger partial charge in [0.1, 0.15) is 18.1 Å². The molecule has 1 N–H and O–H groups in total. The van der Waals surface area contributed by atoms with Gasteiger partial charge in [-0.3, -0.25) is 9.69 Å². The second-order valence-corrected chi connectivity index (χ2v) is 8.64. The maximum Gasteiger partial charge on any atom is 0.329 e. The summed E-state index contributed by atoms with van der Waals surface area (Å²) in [4.78, 5) is 26.2. The van der Waals surface area contributed by atoms with Crippen LogP contribution in [0.5, 0.6) is 11.5 Å². The molecule has 3 aromatic carbocycles. The predicted octanol–water partition coefficient (Wildman–Crippen LogP) is 5.92. The van der Waals surface area contributed by atoms with Crippen LogP contribution in [0.1, 0.15) is 16.7 Å². The molecule has 174 valence electrons. The molecule has 0 saturated carbocycles. The number of methoxy groups -OCH3 is 1. The highest BCUT2D eigenvalue weighted by Gasteiger charge is 2.34. The Morgan fingerprint density at radius 1 is 1.06 bits per heavy atom.